The molecule has 0 radical (unpaired) electrons. The van der Waals surface area contributed by atoms with Gasteiger partial charge in [0.25, 0.3) is 0 Å². The van der Waals surface area contributed by atoms with E-state index in [1.54, 1.807) is 0 Å². The van der Waals surface area contributed by atoms with Crippen molar-refractivity contribution in [1.82, 2.24) is 5.32 Å². The molecule has 0 aromatic heterocycles. The number of aliphatic hydroxyl groups is 4. The van der Waals surface area contributed by atoms with Crippen molar-refractivity contribution in [1.29, 1.82) is 0 Å². The van der Waals surface area contributed by atoms with Gasteiger partial charge in [-0.15, -0.1) is 0 Å². The van der Waals surface area contributed by atoms with E-state index in [1.807, 2.05) is 0 Å². The fourth-order valence-corrected chi connectivity index (χ4v) is 9.54. The minimum Gasteiger partial charge on any atom is -0.394 e. The number of hydrogen-bond donors (Lipinski definition) is 6. The van der Waals surface area contributed by atoms with Gasteiger partial charge in [-0.1, -0.05) is 237 Å². The Morgan fingerprint density at radius 1 is 0.612 bits per heavy atom. The second-order valence-electron chi connectivity index (χ2n) is 19.5. The van der Waals surface area contributed by atoms with Gasteiger partial charge in [0.05, 0.1) is 25.4 Å². The van der Waals surface area contributed by atoms with Crippen LogP contribution in [0.15, 0.2) is 24.3 Å². The van der Waals surface area contributed by atoms with Crippen molar-refractivity contribution < 1.29 is 51.8 Å². The summed E-state index contributed by atoms with van der Waals surface area (Å²) in [5.74, 6) is -0.227. The zero-order valence-electron chi connectivity index (χ0n) is 42.7. The highest BCUT2D eigenvalue weighted by atomic mass is 32.3. The molecule has 7 unspecified atom stereocenters. The van der Waals surface area contributed by atoms with Crippen LogP contribution in [0.2, 0.25) is 0 Å². The fraction of sp³-hybridized carbons (Fsp3) is 0.907. The van der Waals surface area contributed by atoms with Crippen LogP contribution in [-0.2, 0) is 28.9 Å². The summed E-state index contributed by atoms with van der Waals surface area (Å²) < 4.78 is 47.9. The first kappa shape index (κ1) is 63.6. The molecule has 0 bridgehead atoms. The molecule has 396 valence electrons. The van der Waals surface area contributed by atoms with Crippen LogP contribution in [0.1, 0.15) is 258 Å². The van der Waals surface area contributed by atoms with E-state index >= 15 is 0 Å². The predicted molar refractivity (Wildman–Crippen MR) is 273 cm³/mol. The van der Waals surface area contributed by atoms with Crippen molar-refractivity contribution in [3.63, 3.8) is 0 Å². The van der Waals surface area contributed by atoms with E-state index in [0.29, 0.717) is 12.8 Å². The molecule has 0 aliphatic carbocycles. The molecule has 7 atom stereocenters. The van der Waals surface area contributed by atoms with E-state index in [0.717, 1.165) is 64.2 Å². The SMILES string of the molecule is CC/C=C\C/C=C\CCCCCCCCCCCCCCCCC(=O)NC(COC1OC(CO)C(O)C(OS(=O)(=O)O)C1O)C(O)CCCCCCCCCCCCCCCCCCCCC. The summed E-state index contributed by atoms with van der Waals surface area (Å²) in [5, 5.41) is 45.1. The van der Waals surface area contributed by atoms with Crippen LogP contribution in [0.25, 0.3) is 0 Å². The number of carbonyl (C=O) groups excluding carboxylic acids is 1. The number of unbranched alkanes of at least 4 members (excludes halogenated alkanes) is 32. The molecule has 1 aliphatic heterocycles. The summed E-state index contributed by atoms with van der Waals surface area (Å²) in [4.78, 5) is 13.1. The topological polar surface area (TPSA) is 192 Å². The van der Waals surface area contributed by atoms with Crippen molar-refractivity contribution in [2.24, 2.45) is 0 Å². The molecule has 0 aromatic rings. The van der Waals surface area contributed by atoms with Gasteiger partial charge in [-0.25, -0.2) is 4.18 Å². The normalized spacial score (nSPS) is 20.0. The number of ether oxygens (including phenoxy) is 2. The standard InChI is InChI=1S/C54H103NO11S/c1-3-5-7-9-11-13-15-17-19-21-23-24-26-28-30-32-34-36-38-40-42-44-50(58)55-47(46-64-54-52(60)53(66-67(61,62)63)51(59)49(45-56)65-54)48(57)43-41-39-37-35-33-31-29-27-25-22-20-18-16-14-12-10-8-6-4-2/h5,7,11,13,47-49,51-54,56-57,59-60H,3-4,6,8-10,12,14-46H2,1-2H3,(H,55,58)(H,61,62,63)/b7-5-,13-11-. The van der Waals surface area contributed by atoms with Gasteiger partial charge in [-0.05, 0) is 38.5 Å². The van der Waals surface area contributed by atoms with Gasteiger partial charge in [0.1, 0.15) is 24.4 Å². The average Bonchev–Trinajstić information content (AvgIpc) is 3.30. The minimum absolute atomic E-state index is 0.227. The van der Waals surface area contributed by atoms with Crippen LogP contribution in [0.5, 0.6) is 0 Å². The Bertz CT molecular complexity index is 1280. The van der Waals surface area contributed by atoms with Crippen molar-refractivity contribution >= 4 is 16.3 Å². The third-order valence-electron chi connectivity index (χ3n) is 13.3. The highest BCUT2D eigenvalue weighted by Crippen LogP contribution is 2.26. The van der Waals surface area contributed by atoms with E-state index in [4.69, 9.17) is 9.47 Å². The first-order chi connectivity index (χ1) is 32.5. The van der Waals surface area contributed by atoms with Crippen LogP contribution in [-0.4, -0.2) is 95.4 Å². The molecule has 1 aliphatic rings. The van der Waals surface area contributed by atoms with Crippen LogP contribution < -0.4 is 5.32 Å². The number of carbonyl (C=O) groups is 1. The first-order valence-electron chi connectivity index (χ1n) is 27.7. The molecule has 1 fully saturated rings. The van der Waals surface area contributed by atoms with Gasteiger partial charge in [0.2, 0.25) is 5.91 Å². The summed E-state index contributed by atoms with van der Waals surface area (Å²) in [6, 6.07) is -0.857. The lowest BCUT2D eigenvalue weighted by Gasteiger charge is -2.41. The van der Waals surface area contributed by atoms with Gasteiger partial charge in [-0.3, -0.25) is 9.35 Å². The van der Waals surface area contributed by atoms with E-state index in [9.17, 15) is 38.2 Å². The Morgan fingerprint density at radius 3 is 1.49 bits per heavy atom. The maximum atomic E-state index is 13.1. The lowest BCUT2D eigenvalue weighted by Crippen LogP contribution is -2.61. The third-order valence-corrected chi connectivity index (χ3v) is 13.7. The van der Waals surface area contributed by atoms with E-state index in [-0.39, 0.29) is 12.5 Å². The first-order valence-corrected chi connectivity index (χ1v) is 29.1. The zero-order valence-corrected chi connectivity index (χ0v) is 43.5. The maximum Gasteiger partial charge on any atom is 0.397 e. The van der Waals surface area contributed by atoms with Gasteiger partial charge in [0.15, 0.2) is 6.29 Å². The molecule has 1 saturated heterocycles. The number of aliphatic hydroxyl groups excluding tert-OH is 4. The Balaban J connectivity index is 2.37. The molecule has 6 N–H and O–H groups in total. The number of amides is 1. The van der Waals surface area contributed by atoms with Gasteiger partial charge < -0.3 is 35.2 Å². The Hall–Kier alpha value is -1.42. The highest BCUT2D eigenvalue weighted by Gasteiger charge is 2.48. The second-order valence-corrected chi connectivity index (χ2v) is 20.5. The maximum absolute atomic E-state index is 13.1. The van der Waals surface area contributed by atoms with Gasteiger partial charge in [0, 0.05) is 6.42 Å². The molecule has 13 heteroatoms. The summed E-state index contributed by atoms with van der Waals surface area (Å²) in [6.45, 7) is 3.38. The predicted octanol–water partition coefficient (Wildman–Crippen LogP) is 12.5. The van der Waals surface area contributed by atoms with E-state index in [1.165, 1.54) is 167 Å². The zero-order chi connectivity index (χ0) is 49.1. The summed E-state index contributed by atoms with van der Waals surface area (Å²) in [6.07, 6.45) is 44.6. The number of nitrogens with one attached hydrogen (secondary N) is 1. The lowest BCUT2D eigenvalue weighted by molar-refractivity contribution is -0.298. The van der Waals surface area contributed by atoms with Crippen molar-refractivity contribution in [2.75, 3.05) is 13.2 Å². The van der Waals surface area contributed by atoms with Crippen LogP contribution in [0.3, 0.4) is 0 Å². The number of rotatable bonds is 48. The monoisotopic (exact) mass is 974 g/mol. The summed E-state index contributed by atoms with van der Waals surface area (Å²) in [7, 11) is -5.08. The molecular formula is C54H103NO11S. The molecule has 12 nitrogen and oxygen atoms in total. The van der Waals surface area contributed by atoms with E-state index in [2.05, 4.69) is 47.7 Å². The smallest absolute Gasteiger partial charge is 0.394 e. The average molecular weight is 974 g/mol. The van der Waals surface area contributed by atoms with Gasteiger partial charge >= 0.3 is 10.4 Å². The highest BCUT2D eigenvalue weighted by molar-refractivity contribution is 7.80. The van der Waals surface area contributed by atoms with E-state index < -0.39 is 59.9 Å². The summed E-state index contributed by atoms with van der Waals surface area (Å²) in [5.41, 5.74) is 0. The molecule has 0 saturated carbocycles. The molecule has 1 heterocycles. The van der Waals surface area contributed by atoms with Crippen LogP contribution in [0, 0.1) is 0 Å². The molecule has 0 aromatic carbocycles. The Morgan fingerprint density at radius 2 is 1.04 bits per heavy atom. The number of allylic oxidation sites excluding steroid dienone is 4. The van der Waals surface area contributed by atoms with Crippen molar-refractivity contribution in [2.45, 2.75) is 301 Å². The Kier molecular flexibility index (Phi) is 42.3. The minimum atomic E-state index is -5.08. The fourth-order valence-electron chi connectivity index (χ4n) is 9.03. The third kappa shape index (κ3) is 37.1. The second kappa shape index (κ2) is 44.5. The largest absolute Gasteiger partial charge is 0.397 e. The molecule has 1 amide bonds. The lowest BCUT2D eigenvalue weighted by atomic mass is 9.99. The quantitative estimate of drug-likeness (QED) is 0.0193. The van der Waals surface area contributed by atoms with Gasteiger partial charge in [-0.2, -0.15) is 8.42 Å². The van der Waals surface area contributed by atoms with Crippen molar-refractivity contribution in [3.05, 3.63) is 24.3 Å². The number of hydrogen-bond acceptors (Lipinski definition) is 10. The summed E-state index contributed by atoms with van der Waals surface area (Å²) >= 11 is 0. The Labute approximate surface area is 410 Å². The van der Waals surface area contributed by atoms with Crippen molar-refractivity contribution in [3.8, 4) is 0 Å². The molecular weight excluding hydrogens is 871 g/mol. The molecule has 1 rings (SSSR count). The molecule has 67 heavy (non-hydrogen) atoms. The molecule has 0 spiro atoms. The van der Waals surface area contributed by atoms with Crippen LogP contribution in [0.4, 0.5) is 0 Å². The van der Waals surface area contributed by atoms with Crippen LogP contribution >= 0.6 is 0 Å².